The Labute approximate surface area is 193 Å². The summed E-state index contributed by atoms with van der Waals surface area (Å²) in [5, 5.41) is 3.60. The molecule has 5 nitrogen and oxygen atoms in total. The maximum absolute atomic E-state index is 13.2. The molecule has 2 heterocycles. The third-order valence-corrected chi connectivity index (χ3v) is 5.78. The molecule has 0 saturated heterocycles. The molecule has 0 spiro atoms. The number of halogens is 3. The SMILES string of the molecule is COc1ccc(-c2cc3ccccn3c2C(=O)C(=O)Nc2ccc(Cl)c(Cl)c2)cc1Cl. The summed E-state index contributed by atoms with van der Waals surface area (Å²) in [6.07, 6.45) is 1.73. The van der Waals surface area contributed by atoms with Gasteiger partial charge < -0.3 is 14.5 Å². The van der Waals surface area contributed by atoms with E-state index in [0.717, 1.165) is 5.52 Å². The smallest absolute Gasteiger partial charge is 0.298 e. The first-order valence-electron chi connectivity index (χ1n) is 9.14. The lowest BCUT2D eigenvalue weighted by Gasteiger charge is -2.09. The molecular weight excluding hydrogens is 459 g/mol. The number of Topliss-reactive ketones (excluding diaryl/α,β-unsaturated/α-hetero) is 1. The zero-order chi connectivity index (χ0) is 22.1. The summed E-state index contributed by atoms with van der Waals surface area (Å²) in [6.45, 7) is 0. The minimum Gasteiger partial charge on any atom is -0.495 e. The highest BCUT2D eigenvalue weighted by atomic mass is 35.5. The Balaban J connectivity index is 1.77. The van der Waals surface area contributed by atoms with Crippen LogP contribution in [0.5, 0.6) is 5.75 Å². The van der Waals surface area contributed by atoms with Gasteiger partial charge in [0.25, 0.3) is 11.7 Å². The molecule has 0 aliphatic carbocycles. The van der Waals surface area contributed by atoms with Gasteiger partial charge in [0.1, 0.15) is 11.4 Å². The number of fused-ring (bicyclic) bond motifs is 1. The third kappa shape index (κ3) is 4.12. The monoisotopic (exact) mass is 472 g/mol. The molecule has 1 N–H and O–H groups in total. The summed E-state index contributed by atoms with van der Waals surface area (Å²) in [7, 11) is 1.52. The highest BCUT2D eigenvalue weighted by molar-refractivity contribution is 6.47. The fourth-order valence-electron chi connectivity index (χ4n) is 3.28. The molecule has 2 aromatic heterocycles. The van der Waals surface area contributed by atoms with E-state index in [2.05, 4.69) is 5.32 Å². The number of hydrogen-bond donors (Lipinski definition) is 1. The number of nitrogens with zero attached hydrogens (tertiary/aromatic N) is 1. The number of nitrogens with one attached hydrogen (secondary N) is 1. The normalized spacial score (nSPS) is 10.8. The predicted octanol–water partition coefficient (Wildman–Crippen LogP) is 6.40. The van der Waals surface area contributed by atoms with Crippen LogP contribution in [0.15, 0.2) is 66.9 Å². The van der Waals surface area contributed by atoms with Gasteiger partial charge in [-0.1, -0.05) is 46.9 Å². The second-order valence-corrected chi connectivity index (χ2v) is 7.89. The van der Waals surface area contributed by atoms with E-state index in [-0.39, 0.29) is 10.7 Å². The van der Waals surface area contributed by atoms with Gasteiger partial charge in [-0.2, -0.15) is 0 Å². The van der Waals surface area contributed by atoms with E-state index in [1.165, 1.54) is 13.2 Å². The molecule has 4 rings (SSSR count). The van der Waals surface area contributed by atoms with Crippen LogP contribution in [-0.2, 0) is 4.79 Å². The Bertz CT molecular complexity index is 1330. The number of aromatic nitrogens is 1. The summed E-state index contributed by atoms with van der Waals surface area (Å²) in [6, 6.07) is 17.1. The van der Waals surface area contributed by atoms with Crippen LogP contribution in [0.1, 0.15) is 10.5 Å². The van der Waals surface area contributed by atoms with E-state index < -0.39 is 11.7 Å². The van der Waals surface area contributed by atoms with Gasteiger partial charge in [0, 0.05) is 23.0 Å². The first kappa shape index (κ1) is 21.2. The van der Waals surface area contributed by atoms with E-state index in [9.17, 15) is 9.59 Å². The first-order valence-corrected chi connectivity index (χ1v) is 10.3. The van der Waals surface area contributed by atoms with Gasteiger partial charge in [-0.15, -0.1) is 0 Å². The Morgan fingerprint density at radius 1 is 0.903 bits per heavy atom. The highest BCUT2D eigenvalue weighted by Crippen LogP contribution is 2.34. The Kier molecular flexibility index (Phi) is 5.92. The summed E-state index contributed by atoms with van der Waals surface area (Å²) >= 11 is 18.2. The maximum atomic E-state index is 13.2. The van der Waals surface area contributed by atoms with Crippen molar-refractivity contribution >= 4 is 57.7 Å². The number of carbonyl (C=O) groups excluding carboxylic acids is 2. The van der Waals surface area contributed by atoms with Crippen LogP contribution in [0.25, 0.3) is 16.6 Å². The van der Waals surface area contributed by atoms with Crippen LogP contribution in [-0.4, -0.2) is 23.2 Å². The van der Waals surface area contributed by atoms with Crippen LogP contribution in [0.3, 0.4) is 0 Å². The summed E-state index contributed by atoms with van der Waals surface area (Å²) < 4.78 is 6.88. The summed E-state index contributed by atoms with van der Waals surface area (Å²) in [4.78, 5) is 26.0. The zero-order valence-corrected chi connectivity index (χ0v) is 18.4. The molecule has 0 atom stereocenters. The molecule has 0 aliphatic heterocycles. The fraction of sp³-hybridized carbons (Fsp3) is 0.0435. The lowest BCUT2D eigenvalue weighted by molar-refractivity contribution is -0.112. The predicted molar refractivity (Wildman–Crippen MR) is 124 cm³/mol. The van der Waals surface area contributed by atoms with E-state index in [1.54, 1.807) is 47.0 Å². The summed E-state index contributed by atoms with van der Waals surface area (Å²) in [5.41, 5.74) is 2.59. The van der Waals surface area contributed by atoms with Crippen LogP contribution >= 0.6 is 34.8 Å². The van der Waals surface area contributed by atoms with Gasteiger partial charge in [-0.05, 0) is 54.1 Å². The molecule has 2 aromatic carbocycles. The number of rotatable bonds is 5. The summed E-state index contributed by atoms with van der Waals surface area (Å²) in [5.74, 6) is -0.998. The van der Waals surface area contributed by atoms with Crippen molar-refractivity contribution in [2.75, 3.05) is 12.4 Å². The number of hydrogen-bond acceptors (Lipinski definition) is 3. The van der Waals surface area contributed by atoms with Gasteiger partial charge in [-0.25, -0.2) is 0 Å². The van der Waals surface area contributed by atoms with Crippen molar-refractivity contribution in [1.82, 2.24) is 4.40 Å². The minimum absolute atomic E-state index is 0.217. The highest BCUT2D eigenvalue weighted by Gasteiger charge is 2.25. The Hall–Kier alpha value is -2.99. The molecule has 0 fully saturated rings. The molecule has 0 bridgehead atoms. The zero-order valence-electron chi connectivity index (χ0n) is 16.2. The lowest BCUT2D eigenvalue weighted by atomic mass is 10.0. The average Bonchev–Trinajstić information content (AvgIpc) is 3.15. The van der Waals surface area contributed by atoms with Crippen molar-refractivity contribution < 1.29 is 14.3 Å². The molecule has 0 radical (unpaired) electrons. The Morgan fingerprint density at radius 3 is 2.42 bits per heavy atom. The van der Waals surface area contributed by atoms with Gasteiger partial charge >= 0.3 is 0 Å². The van der Waals surface area contributed by atoms with Crippen LogP contribution in [0.4, 0.5) is 5.69 Å². The molecule has 0 unspecified atom stereocenters. The van der Waals surface area contributed by atoms with Crippen molar-refractivity contribution in [2.45, 2.75) is 0 Å². The number of methoxy groups -OCH3 is 1. The number of ketones is 1. The van der Waals surface area contributed by atoms with Gasteiger partial charge in [-0.3, -0.25) is 9.59 Å². The van der Waals surface area contributed by atoms with Gasteiger partial charge in [0.05, 0.1) is 22.2 Å². The Morgan fingerprint density at radius 2 is 1.71 bits per heavy atom. The molecular formula is C23H15Cl3N2O3. The molecule has 0 saturated carbocycles. The second kappa shape index (κ2) is 8.63. The first-order chi connectivity index (χ1) is 14.9. The van der Waals surface area contributed by atoms with Crippen molar-refractivity contribution in [1.29, 1.82) is 0 Å². The van der Waals surface area contributed by atoms with Crippen molar-refractivity contribution in [3.05, 3.63) is 87.6 Å². The minimum atomic E-state index is -0.803. The molecule has 4 aromatic rings. The van der Waals surface area contributed by atoms with Crippen LogP contribution in [0, 0.1) is 0 Å². The van der Waals surface area contributed by atoms with Gasteiger partial charge in [0.2, 0.25) is 0 Å². The molecule has 8 heteroatoms. The number of amides is 1. The van der Waals surface area contributed by atoms with E-state index in [4.69, 9.17) is 39.5 Å². The lowest BCUT2D eigenvalue weighted by Crippen LogP contribution is -2.24. The number of carbonyl (C=O) groups is 2. The number of ether oxygens (including phenoxy) is 1. The molecule has 156 valence electrons. The van der Waals surface area contributed by atoms with E-state index >= 15 is 0 Å². The average molecular weight is 474 g/mol. The van der Waals surface area contributed by atoms with Crippen molar-refractivity contribution in [3.8, 4) is 16.9 Å². The molecule has 1 amide bonds. The standard InChI is InChI=1S/C23H15Cl3N2O3/c1-31-20-8-5-13(10-19(20)26)16-12-15-4-2-3-9-28(15)21(16)22(29)23(30)27-14-6-7-17(24)18(25)11-14/h2-12H,1H3,(H,27,30). The van der Waals surface area contributed by atoms with Crippen molar-refractivity contribution in [2.24, 2.45) is 0 Å². The number of anilines is 1. The largest absolute Gasteiger partial charge is 0.495 e. The van der Waals surface area contributed by atoms with Crippen LogP contribution in [0.2, 0.25) is 15.1 Å². The van der Waals surface area contributed by atoms with E-state index in [1.807, 2.05) is 18.2 Å². The third-order valence-electron chi connectivity index (χ3n) is 4.74. The number of benzene rings is 2. The number of pyridine rings is 1. The maximum Gasteiger partial charge on any atom is 0.298 e. The second-order valence-electron chi connectivity index (χ2n) is 6.66. The van der Waals surface area contributed by atoms with Crippen LogP contribution < -0.4 is 10.1 Å². The van der Waals surface area contributed by atoms with Crippen molar-refractivity contribution in [3.63, 3.8) is 0 Å². The quantitative estimate of drug-likeness (QED) is 0.270. The molecule has 31 heavy (non-hydrogen) atoms. The van der Waals surface area contributed by atoms with Gasteiger partial charge in [0.15, 0.2) is 0 Å². The topological polar surface area (TPSA) is 59.8 Å². The fourth-order valence-corrected chi connectivity index (χ4v) is 3.83. The van der Waals surface area contributed by atoms with E-state index in [0.29, 0.717) is 32.6 Å². The molecule has 0 aliphatic rings.